The van der Waals surface area contributed by atoms with Crippen molar-refractivity contribution in [1.82, 2.24) is 19.5 Å². The van der Waals surface area contributed by atoms with E-state index in [1.165, 1.54) is 0 Å². The van der Waals surface area contributed by atoms with Crippen LogP contribution in [0.5, 0.6) is 0 Å². The summed E-state index contributed by atoms with van der Waals surface area (Å²) < 4.78 is 2.34. The molecule has 2 heterocycles. The number of nitrogens with zero attached hydrogens (tertiary/aromatic N) is 3. The molecule has 0 aromatic carbocycles. The molecule has 2 aromatic heterocycles. The minimum Gasteiger partial charge on any atom is -0.340 e. The van der Waals surface area contributed by atoms with Crippen molar-refractivity contribution in [2.45, 2.75) is 6.92 Å². The van der Waals surface area contributed by atoms with Crippen LogP contribution in [0.2, 0.25) is 0 Å². The first-order chi connectivity index (χ1) is 5.66. The molecule has 2 rings (SSSR count). The molecular formula is C7H8N4S. The molecule has 0 bridgehead atoms. The van der Waals surface area contributed by atoms with Crippen molar-refractivity contribution in [1.29, 1.82) is 0 Å². The summed E-state index contributed by atoms with van der Waals surface area (Å²) in [6.45, 7) is 1.89. The quantitative estimate of drug-likeness (QED) is 0.622. The number of aryl methyl sites for hydroxylation is 2. The monoisotopic (exact) mass is 180 g/mol. The largest absolute Gasteiger partial charge is 0.340 e. The van der Waals surface area contributed by atoms with Crippen molar-refractivity contribution >= 4 is 23.4 Å². The van der Waals surface area contributed by atoms with Gasteiger partial charge in [-0.3, -0.25) is 0 Å². The van der Waals surface area contributed by atoms with E-state index < -0.39 is 0 Å². The van der Waals surface area contributed by atoms with E-state index in [0.717, 1.165) is 11.3 Å². The summed E-state index contributed by atoms with van der Waals surface area (Å²) >= 11 is 4.99. The number of H-pyrrole nitrogens is 1. The number of nitrogens with one attached hydrogen (secondary N) is 1. The van der Waals surface area contributed by atoms with Crippen LogP contribution in [0, 0.1) is 11.7 Å². The van der Waals surface area contributed by atoms with E-state index in [4.69, 9.17) is 12.2 Å². The van der Waals surface area contributed by atoms with Crippen LogP contribution in [0.4, 0.5) is 0 Å². The van der Waals surface area contributed by atoms with Crippen LogP contribution in [-0.2, 0) is 7.05 Å². The Hall–Kier alpha value is -1.23. The van der Waals surface area contributed by atoms with Crippen molar-refractivity contribution < 1.29 is 0 Å². The Balaban J connectivity index is 2.92. The van der Waals surface area contributed by atoms with Gasteiger partial charge in [-0.25, -0.2) is 4.98 Å². The molecular weight excluding hydrogens is 172 g/mol. The number of hydrogen-bond donors (Lipinski definition) is 1. The third-order valence-corrected chi connectivity index (χ3v) is 2.04. The first-order valence-corrected chi connectivity index (χ1v) is 3.97. The summed E-state index contributed by atoms with van der Waals surface area (Å²) in [4.78, 5) is 11.4. The molecule has 0 fully saturated rings. The van der Waals surface area contributed by atoms with Crippen LogP contribution in [-0.4, -0.2) is 19.5 Å². The van der Waals surface area contributed by atoms with E-state index in [1.807, 2.05) is 20.2 Å². The third kappa shape index (κ3) is 1.02. The highest BCUT2D eigenvalue weighted by molar-refractivity contribution is 7.71. The van der Waals surface area contributed by atoms with Gasteiger partial charge in [0.2, 0.25) is 4.77 Å². The van der Waals surface area contributed by atoms with Crippen LogP contribution in [0.15, 0.2) is 6.20 Å². The second-order valence-electron chi connectivity index (χ2n) is 2.69. The van der Waals surface area contributed by atoms with Gasteiger partial charge in [0.25, 0.3) is 0 Å². The molecule has 0 aliphatic heterocycles. The number of rotatable bonds is 0. The van der Waals surface area contributed by atoms with E-state index in [-0.39, 0.29) is 0 Å². The SMILES string of the molecule is Cc1nc2nc(=S)n(C)cc2[nH]1. The lowest BCUT2D eigenvalue weighted by molar-refractivity contribution is 0.857. The lowest BCUT2D eigenvalue weighted by Gasteiger charge is -1.94. The van der Waals surface area contributed by atoms with E-state index in [2.05, 4.69) is 15.0 Å². The van der Waals surface area contributed by atoms with Gasteiger partial charge in [-0.15, -0.1) is 0 Å². The third-order valence-electron chi connectivity index (χ3n) is 1.66. The smallest absolute Gasteiger partial charge is 0.201 e. The van der Waals surface area contributed by atoms with Gasteiger partial charge in [0.15, 0.2) is 5.65 Å². The lowest BCUT2D eigenvalue weighted by Crippen LogP contribution is -1.94. The molecule has 0 saturated carbocycles. The van der Waals surface area contributed by atoms with Gasteiger partial charge >= 0.3 is 0 Å². The van der Waals surface area contributed by atoms with Crippen molar-refractivity contribution in [3.63, 3.8) is 0 Å². The summed E-state index contributed by atoms with van der Waals surface area (Å²) in [7, 11) is 1.87. The fraction of sp³-hybridized carbons (Fsp3) is 0.286. The highest BCUT2D eigenvalue weighted by atomic mass is 32.1. The number of hydrogen-bond acceptors (Lipinski definition) is 3. The molecule has 4 nitrogen and oxygen atoms in total. The highest BCUT2D eigenvalue weighted by Crippen LogP contribution is 2.06. The zero-order valence-corrected chi connectivity index (χ0v) is 7.64. The van der Waals surface area contributed by atoms with E-state index in [0.29, 0.717) is 10.4 Å². The normalized spacial score (nSPS) is 10.8. The molecule has 2 aromatic rings. The van der Waals surface area contributed by atoms with Crippen LogP contribution in [0.1, 0.15) is 5.82 Å². The average Bonchev–Trinajstić information content (AvgIpc) is 2.30. The molecule has 0 spiro atoms. The van der Waals surface area contributed by atoms with Gasteiger partial charge in [-0.1, -0.05) is 0 Å². The second kappa shape index (κ2) is 2.38. The number of fused-ring (bicyclic) bond motifs is 1. The molecule has 0 aliphatic carbocycles. The zero-order chi connectivity index (χ0) is 8.72. The maximum Gasteiger partial charge on any atom is 0.201 e. The fourth-order valence-electron chi connectivity index (χ4n) is 1.09. The molecule has 62 valence electrons. The first kappa shape index (κ1) is 7.42. The Bertz CT molecular complexity index is 482. The summed E-state index contributed by atoms with van der Waals surface area (Å²) in [5.41, 5.74) is 1.61. The second-order valence-corrected chi connectivity index (χ2v) is 3.06. The average molecular weight is 180 g/mol. The lowest BCUT2D eigenvalue weighted by atomic mass is 10.5. The Labute approximate surface area is 74.3 Å². The van der Waals surface area contributed by atoms with Gasteiger partial charge in [0.1, 0.15) is 11.3 Å². The molecule has 0 atom stereocenters. The molecule has 0 amide bonds. The highest BCUT2D eigenvalue weighted by Gasteiger charge is 2.00. The van der Waals surface area contributed by atoms with Gasteiger partial charge in [0.05, 0.1) is 0 Å². The molecule has 12 heavy (non-hydrogen) atoms. The van der Waals surface area contributed by atoms with Crippen molar-refractivity contribution in [2.75, 3.05) is 0 Å². The van der Waals surface area contributed by atoms with Crippen molar-refractivity contribution in [3.05, 3.63) is 16.8 Å². The summed E-state index contributed by atoms with van der Waals surface area (Å²) in [5.74, 6) is 0.859. The standard InChI is InChI=1S/C7H8N4S/c1-4-8-5-3-11(2)7(12)10-6(5)9-4/h3H,1-2H3,(H,8,9,10,12). The molecule has 5 heteroatoms. The Morgan fingerprint density at radius 2 is 2.25 bits per heavy atom. The van der Waals surface area contributed by atoms with Crippen molar-refractivity contribution in [2.24, 2.45) is 7.05 Å². The van der Waals surface area contributed by atoms with Gasteiger partial charge in [-0.05, 0) is 19.1 Å². The topological polar surface area (TPSA) is 46.5 Å². The molecule has 0 saturated heterocycles. The van der Waals surface area contributed by atoms with Crippen LogP contribution < -0.4 is 0 Å². The van der Waals surface area contributed by atoms with Gasteiger partial charge in [-0.2, -0.15) is 4.98 Å². The molecule has 1 N–H and O–H groups in total. The zero-order valence-electron chi connectivity index (χ0n) is 6.83. The first-order valence-electron chi connectivity index (χ1n) is 3.57. The molecule has 0 aliphatic rings. The van der Waals surface area contributed by atoms with Crippen LogP contribution in [0.3, 0.4) is 0 Å². The van der Waals surface area contributed by atoms with Crippen molar-refractivity contribution in [3.8, 4) is 0 Å². The van der Waals surface area contributed by atoms with Crippen LogP contribution in [0.25, 0.3) is 11.2 Å². The maximum atomic E-state index is 4.99. The predicted octanol–water partition coefficient (Wildman–Crippen LogP) is 1.33. The molecule has 0 unspecified atom stereocenters. The minimum atomic E-state index is 0.550. The van der Waals surface area contributed by atoms with E-state index >= 15 is 0 Å². The van der Waals surface area contributed by atoms with E-state index in [9.17, 15) is 0 Å². The Morgan fingerprint density at radius 1 is 1.50 bits per heavy atom. The van der Waals surface area contributed by atoms with E-state index in [1.54, 1.807) is 4.57 Å². The molecule has 0 radical (unpaired) electrons. The summed E-state index contributed by atoms with van der Waals surface area (Å²) in [6.07, 6.45) is 1.89. The van der Waals surface area contributed by atoms with Gasteiger partial charge < -0.3 is 9.55 Å². The number of aromatic amines is 1. The summed E-state index contributed by atoms with van der Waals surface area (Å²) in [6, 6.07) is 0. The Kier molecular flexibility index (Phi) is 1.47. The number of imidazole rings is 1. The maximum absolute atomic E-state index is 4.99. The van der Waals surface area contributed by atoms with Crippen LogP contribution >= 0.6 is 12.2 Å². The Morgan fingerprint density at radius 3 is 3.00 bits per heavy atom. The predicted molar refractivity (Wildman–Crippen MR) is 48.4 cm³/mol. The van der Waals surface area contributed by atoms with Gasteiger partial charge in [0, 0.05) is 13.2 Å². The summed E-state index contributed by atoms with van der Waals surface area (Å²) in [5, 5.41) is 0. The fourth-order valence-corrected chi connectivity index (χ4v) is 1.23. The number of aromatic nitrogens is 4. The minimum absolute atomic E-state index is 0.550.